The second-order valence-electron chi connectivity index (χ2n) is 5.86. The van der Waals surface area contributed by atoms with Gasteiger partial charge in [0.1, 0.15) is 0 Å². The van der Waals surface area contributed by atoms with Crippen molar-refractivity contribution in [2.24, 2.45) is 17.4 Å². The van der Waals surface area contributed by atoms with Crippen LogP contribution in [-0.2, 0) is 4.79 Å². The molecule has 0 aliphatic carbocycles. The minimum atomic E-state index is -0.261. The summed E-state index contributed by atoms with van der Waals surface area (Å²) >= 11 is 0. The van der Waals surface area contributed by atoms with E-state index in [0.717, 1.165) is 38.6 Å². The monoisotopic (exact) mass is 257 g/mol. The summed E-state index contributed by atoms with van der Waals surface area (Å²) < 4.78 is 0. The van der Waals surface area contributed by atoms with Crippen LogP contribution in [0.1, 0.15) is 59.3 Å². The lowest BCUT2D eigenvalue weighted by Crippen LogP contribution is -2.52. The van der Waals surface area contributed by atoms with Crippen molar-refractivity contribution < 1.29 is 4.79 Å². The molecule has 0 bridgehead atoms. The highest BCUT2D eigenvalue weighted by molar-refractivity contribution is 5.76. The van der Waals surface area contributed by atoms with Gasteiger partial charge in [-0.3, -0.25) is 4.79 Å². The predicted molar refractivity (Wildman–Crippen MR) is 77.2 cm³/mol. The minimum absolute atomic E-state index is 0.122. The van der Waals surface area contributed by atoms with E-state index in [0.29, 0.717) is 18.9 Å². The highest BCUT2D eigenvalue weighted by Crippen LogP contribution is 2.15. The number of hydrogen-bond acceptors (Lipinski definition) is 3. The molecule has 0 fully saturated rings. The first kappa shape index (κ1) is 17.4. The average Bonchev–Trinajstić information content (AvgIpc) is 2.27. The molecule has 0 rings (SSSR count). The molecule has 0 aliphatic heterocycles. The standard InChI is InChI=1S/C14H31N3O/c1-12(2)10-14(3,11-16)17-13(18)8-6-4-5-7-9-15/h12H,4-11,15-16H2,1-3H3,(H,17,18). The Kier molecular flexibility index (Phi) is 9.02. The van der Waals surface area contributed by atoms with Crippen LogP contribution in [-0.4, -0.2) is 24.5 Å². The van der Waals surface area contributed by atoms with E-state index >= 15 is 0 Å². The first-order chi connectivity index (χ1) is 8.43. The van der Waals surface area contributed by atoms with Gasteiger partial charge in [-0.25, -0.2) is 0 Å². The van der Waals surface area contributed by atoms with Gasteiger partial charge in [-0.2, -0.15) is 0 Å². The Morgan fingerprint density at radius 3 is 2.28 bits per heavy atom. The topological polar surface area (TPSA) is 81.1 Å². The molecule has 18 heavy (non-hydrogen) atoms. The third kappa shape index (κ3) is 8.48. The summed E-state index contributed by atoms with van der Waals surface area (Å²) in [6.45, 7) is 7.55. The van der Waals surface area contributed by atoms with Crippen molar-refractivity contribution in [1.82, 2.24) is 5.32 Å². The Morgan fingerprint density at radius 2 is 1.78 bits per heavy atom. The number of carbonyl (C=O) groups excluding carboxylic acids is 1. The highest BCUT2D eigenvalue weighted by Gasteiger charge is 2.25. The Hall–Kier alpha value is -0.610. The van der Waals surface area contributed by atoms with Crippen molar-refractivity contribution in [3.63, 3.8) is 0 Å². The van der Waals surface area contributed by atoms with Gasteiger partial charge in [-0.05, 0) is 38.6 Å². The maximum atomic E-state index is 11.8. The molecule has 0 spiro atoms. The van der Waals surface area contributed by atoms with Gasteiger partial charge in [0, 0.05) is 18.5 Å². The first-order valence-corrected chi connectivity index (χ1v) is 7.14. The van der Waals surface area contributed by atoms with Crippen molar-refractivity contribution in [2.75, 3.05) is 13.1 Å². The van der Waals surface area contributed by atoms with Gasteiger partial charge >= 0.3 is 0 Å². The zero-order valence-electron chi connectivity index (χ0n) is 12.3. The van der Waals surface area contributed by atoms with Crippen molar-refractivity contribution in [2.45, 2.75) is 64.8 Å². The molecule has 0 radical (unpaired) electrons. The summed E-state index contributed by atoms with van der Waals surface area (Å²) in [5.74, 6) is 0.653. The normalized spacial score (nSPS) is 14.6. The minimum Gasteiger partial charge on any atom is -0.350 e. The van der Waals surface area contributed by atoms with Crippen molar-refractivity contribution in [1.29, 1.82) is 0 Å². The van der Waals surface area contributed by atoms with Gasteiger partial charge in [0.15, 0.2) is 0 Å². The average molecular weight is 257 g/mol. The van der Waals surface area contributed by atoms with Crippen LogP contribution in [0, 0.1) is 5.92 Å². The molecule has 4 heteroatoms. The molecule has 1 unspecified atom stereocenters. The molecule has 0 heterocycles. The van der Waals surface area contributed by atoms with Gasteiger partial charge < -0.3 is 16.8 Å². The van der Waals surface area contributed by atoms with E-state index in [1.807, 2.05) is 6.92 Å². The van der Waals surface area contributed by atoms with E-state index in [1.54, 1.807) is 0 Å². The lowest BCUT2D eigenvalue weighted by molar-refractivity contribution is -0.123. The Balaban J connectivity index is 3.89. The van der Waals surface area contributed by atoms with Gasteiger partial charge in [-0.1, -0.05) is 26.7 Å². The zero-order valence-corrected chi connectivity index (χ0v) is 12.3. The summed E-state index contributed by atoms with van der Waals surface area (Å²) in [5.41, 5.74) is 10.9. The lowest BCUT2D eigenvalue weighted by atomic mass is 9.90. The number of unbranched alkanes of at least 4 members (excludes halogenated alkanes) is 3. The lowest BCUT2D eigenvalue weighted by Gasteiger charge is -2.31. The van der Waals surface area contributed by atoms with E-state index in [4.69, 9.17) is 11.5 Å². The van der Waals surface area contributed by atoms with Crippen LogP contribution < -0.4 is 16.8 Å². The van der Waals surface area contributed by atoms with Crippen molar-refractivity contribution in [3.05, 3.63) is 0 Å². The second kappa shape index (κ2) is 9.34. The van der Waals surface area contributed by atoms with E-state index in [9.17, 15) is 4.79 Å². The fraction of sp³-hybridized carbons (Fsp3) is 0.929. The fourth-order valence-corrected chi connectivity index (χ4v) is 2.27. The van der Waals surface area contributed by atoms with Crippen LogP contribution in [0.4, 0.5) is 0 Å². The van der Waals surface area contributed by atoms with Crippen molar-refractivity contribution in [3.8, 4) is 0 Å². The third-order valence-corrected chi connectivity index (χ3v) is 3.11. The maximum Gasteiger partial charge on any atom is 0.220 e. The molecular formula is C14H31N3O. The molecule has 0 saturated heterocycles. The van der Waals surface area contributed by atoms with E-state index in [-0.39, 0.29) is 11.4 Å². The first-order valence-electron chi connectivity index (χ1n) is 7.14. The molecular weight excluding hydrogens is 226 g/mol. The second-order valence-corrected chi connectivity index (χ2v) is 5.86. The quantitative estimate of drug-likeness (QED) is 0.522. The highest BCUT2D eigenvalue weighted by atomic mass is 16.1. The number of amides is 1. The summed E-state index contributed by atoms with van der Waals surface area (Å²) in [7, 11) is 0. The van der Waals surface area contributed by atoms with Gasteiger partial charge in [0.2, 0.25) is 5.91 Å². The summed E-state index contributed by atoms with van der Waals surface area (Å²) in [6, 6.07) is 0. The zero-order chi connectivity index (χ0) is 14.0. The Bertz CT molecular complexity index is 231. The van der Waals surface area contributed by atoms with Gasteiger partial charge in [0.05, 0.1) is 0 Å². The van der Waals surface area contributed by atoms with Gasteiger partial charge in [-0.15, -0.1) is 0 Å². The van der Waals surface area contributed by atoms with Crippen LogP contribution >= 0.6 is 0 Å². The number of rotatable bonds is 10. The molecule has 1 atom stereocenters. The fourth-order valence-electron chi connectivity index (χ4n) is 2.27. The summed E-state index contributed by atoms with van der Waals surface area (Å²) in [4.78, 5) is 11.8. The SMILES string of the molecule is CC(C)CC(C)(CN)NC(=O)CCCCCCN. The van der Waals surface area contributed by atoms with E-state index in [2.05, 4.69) is 19.2 Å². The third-order valence-electron chi connectivity index (χ3n) is 3.11. The number of nitrogens with two attached hydrogens (primary N) is 2. The Morgan fingerprint density at radius 1 is 1.17 bits per heavy atom. The molecule has 0 aliphatic rings. The molecule has 1 amide bonds. The molecule has 0 aromatic rings. The molecule has 108 valence electrons. The van der Waals surface area contributed by atoms with Crippen molar-refractivity contribution >= 4 is 5.91 Å². The van der Waals surface area contributed by atoms with Crippen LogP contribution in [0.2, 0.25) is 0 Å². The van der Waals surface area contributed by atoms with Crippen LogP contribution in [0.15, 0.2) is 0 Å². The van der Waals surface area contributed by atoms with Crippen LogP contribution in [0.25, 0.3) is 0 Å². The van der Waals surface area contributed by atoms with E-state index in [1.165, 1.54) is 0 Å². The molecule has 0 saturated carbocycles. The summed E-state index contributed by atoms with van der Waals surface area (Å²) in [6.07, 6.45) is 5.70. The largest absolute Gasteiger partial charge is 0.350 e. The molecule has 4 nitrogen and oxygen atoms in total. The molecule has 0 aromatic heterocycles. The van der Waals surface area contributed by atoms with E-state index < -0.39 is 0 Å². The predicted octanol–water partition coefficient (Wildman–Crippen LogP) is 1.78. The number of hydrogen-bond donors (Lipinski definition) is 3. The molecule has 0 aromatic carbocycles. The maximum absolute atomic E-state index is 11.8. The Labute approximate surface area is 112 Å². The number of carbonyl (C=O) groups is 1. The number of nitrogens with one attached hydrogen (secondary N) is 1. The van der Waals surface area contributed by atoms with Gasteiger partial charge in [0.25, 0.3) is 0 Å². The van der Waals surface area contributed by atoms with Crippen LogP contribution in [0.3, 0.4) is 0 Å². The summed E-state index contributed by atoms with van der Waals surface area (Å²) in [5, 5.41) is 3.08. The molecule has 5 N–H and O–H groups in total. The van der Waals surface area contributed by atoms with Crippen LogP contribution in [0.5, 0.6) is 0 Å². The smallest absolute Gasteiger partial charge is 0.220 e.